The number of halogens is 1. The van der Waals surface area contributed by atoms with E-state index in [0.29, 0.717) is 11.6 Å². The van der Waals surface area contributed by atoms with Crippen molar-refractivity contribution in [3.8, 4) is 5.75 Å². The van der Waals surface area contributed by atoms with E-state index in [1.54, 1.807) is 18.0 Å². The molecule has 0 bridgehead atoms. The molecule has 1 aliphatic heterocycles. The minimum atomic E-state index is -0.250. The summed E-state index contributed by atoms with van der Waals surface area (Å²) in [5.74, 6) is -0.304. The van der Waals surface area contributed by atoms with Crippen molar-refractivity contribution in [3.63, 3.8) is 0 Å². The zero-order valence-corrected chi connectivity index (χ0v) is 15.2. The molecule has 1 fully saturated rings. The molecule has 2 aromatic carbocycles. The van der Waals surface area contributed by atoms with Crippen LogP contribution in [-0.4, -0.2) is 36.1 Å². The van der Waals surface area contributed by atoms with Gasteiger partial charge in [-0.3, -0.25) is 4.79 Å². The van der Waals surface area contributed by atoms with Gasteiger partial charge in [0.1, 0.15) is 5.75 Å². The summed E-state index contributed by atoms with van der Waals surface area (Å²) in [6, 6.07) is 12.9. The summed E-state index contributed by atoms with van der Waals surface area (Å²) >= 11 is 5.93. The lowest BCUT2D eigenvalue weighted by Crippen LogP contribution is -2.29. The Labute approximate surface area is 153 Å². The van der Waals surface area contributed by atoms with Crippen LogP contribution in [0.5, 0.6) is 5.75 Å². The lowest BCUT2D eigenvalue weighted by atomic mass is 10.1. The van der Waals surface area contributed by atoms with Crippen LogP contribution in [-0.2, 0) is 6.54 Å². The highest BCUT2D eigenvalue weighted by molar-refractivity contribution is 6.31. The van der Waals surface area contributed by atoms with Crippen molar-refractivity contribution < 1.29 is 9.90 Å². The van der Waals surface area contributed by atoms with E-state index in [2.05, 4.69) is 29.2 Å². The van der Waals surface area contributed by atoms with E-state index >= 15 is 0 Å². The minimum Gasteiger partial charge on any atom is -0.507 e. The molecule has 132 valence electrons. The van der Waals surface area contributed by atoms with Gasteiger partial charge in [0.05, 0.1) is 5.56 Å². The van der Waals surface area contributed by atoms with Crippen LogP contribution in [0, 0.1) is 0 Å². The number of phenolic OH excluding ortho intramolecular Hbond substituents is 1. The van der Waals surface area contributed by atoms with Gasteiger partial charge in [-0.1, -0.05) is 23.7 Å². The Bertz CT molecular complexity index is 740. The van der Waals surface area contributed by atoms with E-state index in [1.807, 2.05) is 0 Å². The summed E-state index contributed by atoms with van der Waals surface area (Å²) in [5, 5.41) is 10.3. The molecule has 1 amide bonds. The highest BCUT2D eigenvalue weighted by Gasteiger charge is 2.17. The van der Waals surface area contributed by atoms with Crippen molar-refractivity contribution in [1.82, 2.24) is 4.90 Å². The van der Waals surface area contributed by atoms with Crippen LogP contribution in [0.2, 0.25) is 5.02 Å². The fraction of sp³-hybridized carbons (Fsp3) is 0.350. The van der Waals surface area contributed by atoms with E-state index in [9.17, 15) is 9.90 Å². The molecule has 0 saturated carbocycles. The van der Waals surface area contributed by atoms with Crippen LogP contribution in [0.4, 0.5) is 5.69 Å². The number of anilines is 1. The summed E-state index contributed by atoms with van der Waals surface area (Å²) in [6.45, 7) is 2.71. The molecule has 5 heteroatoms. The van der Waals surface area contributed by atoms with Crippen molar-refractivity contribution in [1.29, 1.82) is 0 Å². The highest BCUT2D eigenvalue weighted by atomic mass is 35.5. The molecular formula is C20H23ClN2O2. The van der Waals surface area contributed by atoms with E-state index in [1.165, 1.54) is 37.1 Å². The highest BCUT2D eigenvalue weighted by Crippen LogP contribution is 2.24. The summed E-state index contributed by atoms with van der Waals surface area (Å²) in [5.41, 5.74) is 2.52. The van der Waals surface area contributed by atoms with Gasteiger partial charge >= 0.3 is 0 Å². The maximum Gasteiger partial charge on any atom is 0.257 e. The van der Waals surface area contributed by atoms with Crippen LogP contribution < -0.4 is 4.90 Å². The molecule has 0 aliphatic carbocycles. The molecule has 1 N–H and O–H groups in total. The number of amides is 1. The van der Waals surface area contributed by atoms with E-state index in [-0.39, 0.29) is 17.2 Å². The second-order valence-corrected chi connectivity index (χ2v) is 6.97. The maximum absolute atomic E-state index is 12.5. The van der Waals surface area contributed by atoms with E-state index in [0.717, 1.165) is 18.7 Å². The third-order valence-corrected chi connectivity index (χ3v) is 4.85. The molecule has 1 heterocycles. The fourth-order valence-corrected chi connectivity index (χ4v) is 3.37. The summed E-state index contributed by atoms with van der Waals surface area (Å²) in [4.78, 5) is 16.5. The van der Waals surface area contributed by atoms with Crippen molar-refractivity contribution >= 4 is 23.2 Å². The fourth-order valence-electron chi connectivity index (χ4n) is 3.20. The number of benzene rings is 2. The lowest BCUT2D eigenvalue weighted by molar-refractivity contribution is 0.0782. The first-order valence-electron chi connectivity index (χ1n) is 8.62. The molecule has 1 saturated heterocycles. The molecule has 0 spiro atoms. The van der Waals surface area contributed by atoms with Crippen molar-refractivity contribution in [2.24, 2.45) is 0 Å². The van der Waals surface area contributed by atoms with Crippen LogP contribution in [0.15, 0.2) is 42.5 Å². The standard InChI is InChI=1S/C20H23ClN2O2/c1-22(20(25)18-13-16(21)7-10-19(18)24)14-15-5-8-17(9-6-15)23-11-3-2-4-12-23/h5-10,13,24H,2-4,11-12,14H2,1H3. The van der Waals surface area contributed by atoms with Crippen molar-refractivity contribution in [2.75, 3.05) is 25.0 Å². The normalized spacial score (nSPS) is 14.4. The number of carbonyl (C=O) groups is 1. The Balaban J connectivity index is 1.67. The minimum absolute atomic E-state index is 0.0540. The number of hydrogen-bond acceptors (Lipinski definition) is 3. The lowest BCUT2D eigenvalue weighted by Gasteiger charge is -2.29. The van der Waals surface area contributed by atoms with Crippen LogP contribution in [0.25, 0.3) is 0 Å². The Morgan fingerprint density at radius 1 is 1.12 bits per heavy atom. The number of rotatable bonds is 4. The topological polar surface area (TPSA) is 43.8 Å². The smallest absolute Gasteiger partial charge is 0.257 e. The van der Waals surface area contributed by atoms with E-state index in [4.69, 9.17) is 11.6 Å². The first-order valence-corrected chi connectivity index (χ1v) is 9.00. The average molecular weight is 359 g/mol. The second-order valence-electron chi connectivity index (χ2n) is 6.54. The second kappa shape index (κ2) is 7.79. The van der Waals surface area contributed by atoms with Gasteiger partial charge in [-0.15, -0.1) is 0 Å². The number of piperidine rings is 1. The third-order valence-electron chi connectivity index (χ3n) is 4.61. The van der Waals surface area contributed by atoms with Crippen LogP contribution in [0.1, 0.15) is 35.2 Å². The van der Waals surface area contributed by atoms with Crippen LogP contribution in [0.3, 0.4) is 0 Å². The average Bonchev–Trinajstić information content (AvgIpc) is 2.64. The third kappa shape index (κ3) is 4.26. The SMILES string of the molecule is CN(Cc1ccc(N2CCCCC2)cc1)C(=O)c1cc(Cl)ccc1O. The number of nitrogens with zero attached hydrogens (tertiary/aromatic N) is 2. The van der Waals surface area contributed by atoms with Gasteiger partial charge in [-0.2, -0.15) is 0 Å². The van der Waals surface area contributed by atoms with Gasteiger partial charge < -0.3 is 14.9 Å². The Hall–Kier alpha value is -2.20. The molecule has 2 aromatic rings. The van der Waals surface area contributed by atoms with Gasteiger partial charge in [0.15, 0.2) is 0 Å². The van der Waals surface area contributed by atoms with E-state index < -0.39 is 0 Å². The first-order chi connectivity index (χ1) is 12.0. The zero-order valence-electron chi connectivity index (χ0n) is 14.4. The predicted molar refractivity (Wildman–Crippen MR) is 101 cm³/mol. The Morgan fingerprint density at radius 3 is 2.48 bits per heavy atom. The number of carbonyl (C=O) groups excluding carboxylic acids is 1. The first kappa shape index (κ1) is 17.6. The van der Waals surface area contributed by atoms with Crippen LogP contribution >= 0.6 is 11.6 Å². The number of phenols is 1. The van der Waals surface area contributed by atoms with Gasteiger partial charge in [0, 0.05) is 37.4 Å². The molecule has 0 unspecified atom stereocenters. The maximum atomic E-state index is 12.5. The summed E-state index contributed by atoms with van der Waals surface area (Å²) in [6.07, 6.45) is 3.82. The predicted octanol–water partition coefficient (Wildman–Crippen LogP) is 4.31. The summed E-state index contributed by atoms with van der Waals surface area (Å²) in [7, 11) is 1.72. The van der Waals surface area contributed by atoms with Crippen molar-refractivity contribution in [2.45, 2.75) is 25.8 Å². The molecule has 0 radical (unpaired) electrons. The number of aromatic hydroxyl groups is 1. The van der Waals surface area contributed by atoms with Gasteiger partial charge in [-0.05, 0) is 55.2 Å². The molecule has 0 aromatic heterocycles. The van der Waals surface area contributed by atoms with Gasteiger partial charge in [0.25, 0.3) is 5.91 Å². The molecule has 25 heavy (non-hydrogen) atoms. The zero-order chi connectivity index (χ0) is 17.8. The molecular weight excluding hydrogens is 336 g/mol. The largest absolute Gasteiger partial charge is 0.507 e. The molecule has 3 rings (SSSR count). The molecule has 4 nitrogen and oxygen atoms in total. The summed E-state index contributed by atoms with van der Waals surface area (Å²) < 4.78 is 0. The van der Waals surface area contributed by atoms with Crippen molar-refractivity contribution in [3.05, 3.63) is 58.6 Å². The monoisotopic (exact) mass is 358 g/mol. The van der Waals surface area contributed by atoms with Gasteiger partial charge in [-0.25, -0.2) is 0 Å². The number of hydrogen-bond donors (Lipinski definition) is 1. The Morgan fingerprint density at radius 2 is 1.80 bits per heavy atom. The quantitative estimate of drug-likeness (QED) is 0.885. The molecule has 0 atom stereocenters. The van der Waals surface area contributed by atoms with Gasteiger partial charge in [0.2, 0.25) is 0 Å². The Kier molecular flexibility index (Phi) is 5.49. The molecule has 1 aliphatic rings.